The van der Waals surface area contributed by atoms with Crippen LogP contribution in [0.25, 0.3) is 0 Å². The minimum atomic E-state index is -0.129. The summed E-state index contributed by atoms with van der Waals surface area (Å²) in [5.74, 6) is 6.33. The van der Waals surface area contributed by atoms with Crippen molar-refractivity contribution in [3.8, 4) is 11.8 Å². The molecule has 0 rings (SSSR count). The fourth-order valence-corrected chi connectivity index (χ4v) is 3.44. The van der Waals surface area contributed by atoms with Crippen LogP contribution in [-0.4, -0.2) is 37.0 Å². The summed E-state index contributed by atoms with van der Waals surface area (Å²) in [6.45, 7) is 48.6. The molecule has 0 bridgehead atoms. The van der Waals surface area contributed by atoms with Crippen LogP contribution in [0.15, 0.2) is 156 Å². The van der Waals surface area contributed by atoms with Gasteiger partial charge in [0.05, 0.1) is 6.61 Å². The lowest BCUT2D eigenvalue weighted by Crippen LogP contribution is -1.94. The van der Waals surface area contributed by atoms with Crippen LogP contribution in [-0.2, 0) is 9.59 Å². The Bertz CT molecular complexity index is 1320. The number of aldehydes is 1. The molecule has 0 aliphatic heterocycles. The Kier molecular flexibility index (Phi) is 42.7. The van der Waals surface area contributed by atoms with E-state index >= 15 is 0 Å². The zero-order chi connectivity index (χ0) is 40.1. The molecule has 0 aromatic rings. The van der Waals surface area contributed by atoms with Crippen molar-refractivity contribution in [3.05, 3.63) is 156 Å². The second-order valence-electron chi connectivity index (χ2n) is 10.5. The highest BCUT2D eigenvalue weighted by Crippen LogP contribution is 2.24. The van der Waals surface area contributed by atoms with E-state index in [0.717, 1.165) is 77.2 Å². The molecule has 0 aliphatic carbocycles. The minimum Gasteiger partial charge on any atom is -0.400 e. The number of aliphatic hydroxyl groups excluding tert-OH is 2. The lowest BCUT2D eigenvalue weighted by atomic mass is 9.94. The average molecular weight is 685 g/mol. The second-order valence-corrected chi connectivity index (χ2v) is 10.5. The molecule has 2 N–H and O–H groups in total. The van der Waals surface area contributed by atoms with Crippen molar-refractivity contribution < 1.29 is 19.8 Å². The van der Waals surface area contributed by atoms with Crippen LogP contribution >= 0.6 is 0 Å². The molecule has 0 saturated carbocycles. The van der Waals surface area contributed by atoms with Crippen molar-refractivity contribution in [3.63, 3.8) is 0 Å². The largest absolute Gasteiger partial charge is 0.400 e. The molecule has 0 heterocycles. The third kappa shape index (κ3) is 30.8. The lowest BCUT2D eigenvalue weighted by molar-refractivity contribution is -0.107. The van der Waals surface area contributed by atoms with Crippen LogP contribution in [0.1, 0.15) is 93.4 Å². The van der Waals surface area contributed by atoms with E-state index in [1.165, 1.54) is 19.3 Å². The molecule has 0 radical (unpaired) electrons. The SMILES string of the molecule is C=C(C#CC(=C)/C(=C\C(=C)/C(C)=C/C=C/C(=C)C)CCCCCC)/C=C\C(=C)C(=C)/C(=C\C(=C)C(=C)CO)CC.C=O.CC.CCC=O.CO. The molecular formula is C46H68O4. The summed E-state index contributed by atoms with van der Waals surface area (Å²) in [6, 6.07) is 0. The van der Waals surface area contributed by atoms with Crippen LogP contribution in [0.4, 0.5) is 0 Å². The lowest BCUT2D eigenvalue weighted by Gasteiger charge is -2.11. The minimum absolute atomic E-state index is 0.129. The van der Waals surface area contributed by atoms with E-state index in [9.17, 15) is 9.90 Å². The van der Waals surface area contributed by atoms with Gasteiger partial charge in [-0.2, -0.15) is 0 Å². The van der Waals surface area contributed by atoms with Crippen LogP contribution in [0.2, 0.25) is 0 Å². The Balaban J connectivity index is -0.000000604. The monoisotopic (exact) mass is 685 g/mol. The van der Waals surface area contributed by atoms with Gasteiger partial charge in [-0.3, -0.25) is 0 Å². The van der Waals surface area contributed by atoms with Gasteiger partial charge >= 0.3 is 0 Å². The van der Waals surface area contributed by atoms with Gasteiger partial charge in [-0.1, -0.05) is 160 Å². The number of carbonyl (C=O) groups is 2. The molecular weight excluding hydrogens is 617 g/mol. The number of hydrogen-bond donors (Lipinski definition) is 2. The van der Waals surface area contributed by atoms with E-state index in [4.69, 9.17) is 9.90 Å². The van der Waals surface area contributed by atoms with E-state index < -0.39 is 0 Å². The number of unbranched alkanes of at least 4 members (excludes halogenated alkanes) is 3. The van der Waals surface area contributed by atoms with Crippen LogP contribution in [0.3, 0.4) is 0 Å². The zero-order valence-electron chi connectivity index (χ0n) is 32.9. The van der Waals surface area contributed by atoms with Gasteiger partial charge in [0.1, 0.15) is 13.1 Å². The standard InChI is InChI=1S/C39H50O.C3H6O.C2H6.CH4O.CH2O/c1-13-15-16-17-21-39(27-34(9)31(6)20-18-19-29(3)4)33(8)25-23-30(5)22-24-32(7)37(12)38(14-2)26-35(10)36(11)28-40;1-2-3-4;3*1-2/h18-20,22,24,26-27,40H,3,5,7-17,21,28H2,1-2,4,6H3;3H,2H2,1H3;1-2H3;2H,1H3;1H2/b19-18+,24-22-,31-20+,38-26-,39-27-;;;;. The summed E-state index contributed by atoms with van der Waals surface area (Å²) in [6.07, 6.45) is 21.6. The summed E-state index contributed by atoms with van der Waals surface area (Å²) < 4.78 is 0. The predicted molar refractivity (Wildman–Crippen MR) is 224 cm³/mol. The van der Waals surface area contributed by atoms with Crippen molar-refractivity contribution in [1.29, 1.82) is 0 Å². The quantitative estimate of drug-likeness (QED) is 0.0614. The molecule has 0 saturated heterocycles. The van der Waals surface area contributed by atoms with E-state index in [-0.39, 0.29) is 6.61 Å². The number of aliphatic hydroxyl groups is 2. The molecule has 0 atom stereocenters. The van der Waals surface area contributed by atoms with Crippen molar-refractivity contribution in [1.82, 2.24) is 0 Å². The average Bonchev–Trinajstić information content (AvgIpc) is 3.14. The normalized spacial score (nSPS) is 10.6. The maximum atomic E-state index is 9.30. The van der Waals surface area contributed by atoms with Gasteiger partial charge in [-0.15, -0.1) is 0 Å². The van der Waals surface area contributed by atoms with Gasteiger partial charge in [0, 0.05) is 24.7 Å². The van der Waals surface area contributed by atoms with E-state index in [2.05, 4.69) is 84.4 Å². The molecule has 0 fully saturated rings. The molecule has 0 aliphatic rings. The summed E-state index contributed by atoms with van der Waals surface area (Å²) >= 11 is 0. The second kappa shape index (κ2) is 38.9. The number of allylic oxidation sites excluding steroid dienone is 16. The highest BCUT2D eigenvalue weighted by atomic mass is 16.3. The smallest absolute Gasteiger partial charge is 0.119 e. The molecule has 4 nitrogen and oxygen atoms in total. The van der Waals surface area contributed by atoms with Crippen LogP contribution < -0.4 is 0 Å². The molecule has 0 spiro atoms. The maximum Gasteiger partial charge on any atom is 0.119 e. The van der Waals surface area contributed by atoms with Gasteiger partial charge in [0.2, 0.25) is 0 Å². The Labute approximate surface area is 307 Å². The first-order chi connectivity index (χ1) is 23.8. The van der Waals surface area contributed by atoms with Crippen LogP contribution in [0, 0.1) is 11.8 Å². The molecule has 0 aromatic carbocycles. The maximum absolute atomic E-state index is 9.30. The van der Waals surface area contributed by atoms with Gasteiger partial charge in [0.25, 0.3) is 0 Å². The summed E-state index contributed by atoms with van der Waals surface area (Å²) in [7, 11) is 1.00. The molecule has 276 valence electrons. The Morgan fingerprint density at radius 1 is 0.720 bits per heavy atom. The summed E-state index contributed by atoms with van der Waals surface area (Å²) in [5.41, 5.74) is 9.36. The van der Waals surface area contributed by atoms with Gasteiger partial charge in [-0.25, -0.2) is 0 Å². The van der Waals surface area contributed by atoms with Crippen molar-refractivity contribution in [2.45, 2.75) is 93.4 Å². The van der Waals surface area contributed by atoms with E-state index in [1.54, 1.807) is 0 Å². The van der Waals surface area contributed by atoms with Gasteiger partial charge in [0.15, 0.2) is 0 Å². The summed E-state index contributed by atoms with van der Waals surface area (Å²) in [5, 5.41) is 16.3. The fraction of sp³-hybridized carbons (Fsp3) is 0.348. The number of carbonyl (C=O) groups excluding carboxylic acids is 2. The van der Waals surface area contributed by atoms with Crippen LogP contribution in [0.5, 0.6) is 0 Å². The molecule has 4 heteroatoms. The first-order valence-corrected chi connectivity index (χ1v) is 17.0. The molecule has 0 unspecified atom stereocenters. The fourth-order valence-electron chi connectivity index (χ4n) is 3.44. The Hall–Kier alpha value is -4.56. The van der Waals surface area contributed by atoms with E-state index in [0.29, 0.717) is 23.1 Å². The van der Waals surface area contributed by atoms with Crippen molar-refractivity contribution in [2.24, 2.45) is 0 Å². The summed E-state index contributed by atoms with van der Waals surface area (Å²) in [4.78, 5) is 17.2. The highest BCUT2D eigenvalue weighted by Gasteiger charge is 2.06. The highest BCUT2D eigenvalue weighted by molar-refractivity contribution is 5.56. The number of hydrogen-bond acceptors (Lipinski definition) is 4. The first kappa shape index (κ1) is 54.9. The Morgan fingerprint density at radius 3 is 1.72 bits per heavy atom. The predicted octanol–water partition coefficient (Wildman–Crippen LogP) is 11.8. The van der Waals surface area contributed by atoms with Gasteiger partial charge in [-0.05, 0) is 83.8 Å². The molecule has 50 heavy (non-hydrogen) atoms. The number of rotatable bonds is 19. The molecule has 0 aromatic heterocycles. The Morgan fingerprint density at radius 2 is 1.26 bits per heavy atom. The first-order valence-electron chi connectivity index (χ1n) is 17.0. The molecule has 0 amide bonds. The van der Waals surface area contributed by atoms with E-state index in [1.807, 2.05) is 77.9 Å². The van der Waals surface area contributed by atoms with Crippen molar-refractivity contribution >= 4 is 13.1 Å². The zero-order valence-corrected chi connectivity index (χ0v) is 32.9. The third-order valence-corrected chi connectivity index (χ3v) is 6.45. The van der Waals surface area contributed by atoms with Gasteiger partial charge < -0.3 is 19.8 Å². The third-order valence-electron chi connectivity index (χ3n) is 6.45. The van der Waals surface area contributed by atoms with Crippen molar-refractivity contribution in [2.75, 3.05) is 13.7 Å². The topological polar surface area (TPSA) is 74.6 Å².